The van der Waals surface area contributed by atoms with Crippen LogP contribution in [0.25, 0.3) is 6.08 Å². The summed E-state index contributed by atoms with van der Waals surface area (Å²) in [4.78, 5) is 2.18. The molecule has 16 heavy (non-hydrogen) atoms. The lowest BCUT2D eigenvalue weighted by Gasteiger charge is -2.09. The Kier molecular flexibility index (Phi) is 3.37. The zero-order valence-corrected chi connectivity index (χ0v) is 9.85. The van der Waals surface area contributed by atoms with Crippen LogP contribution < -0.4 is 0 Å². The van der Waals surface area contributed by atoms with E-state index in [2.05, 4.69) is 73.6 Å². The van der Waals surface area contributed by atoms with Crippen molar-refractivity contribution in [1.82, 2.24) is 4.90 Å². The predicted octanol–water partition coefficient (Wildman–Crippen LogP) is 3.26. The average molecular weight is 211 g/mol. The van der Waals surface area contributed by atoms with Gasteiger partial charge in [0.25, 0.3) is 0 Å². The minimum Gasteiger partial charge on any atom is -0.305 e. The molecule has 82 valence electrons. The highest BCUT2D eigenvalue weighted by Crippen LogP contribution is 2.14. The molecule has 1 nitrogen and oxygen atoms in total. The summed E-state index contributed by atoms with van der Waals surface area (Å²) in [6.07, 6.45) is 10.6. The lowest BCUT2D eigenvalue weighted by Crippen LogP contribution is -2.10. The van der Waals surface area contributed by atoms with Crippen molar-refractivity contribution in [3.63, 3.8) is 0 Å². The SMILES string of the molecule is CN(C)Cc1ccc(C=C2C=CC=C2)cc1. The first-order valence-corrected chi connectivity index (χ1v) is 5.54. The molecular weight excluding hydrogens is 194 g/mol. The second kappa shape index (κ2) is 4.95. The Balaban J connectivity index is 2.10. The van der Waals surface area contributed by atoms with E-state index in [0.29, 0.717) is 0 Å². The van der Waals surface area contributed by atoms with Gasteiger partial charge < -0.3 is 4.90 Å². The standard InChI is InChI=1S/C15H17N/c1-16(2)12-15-9-7-14(8-10-15)11-13-5-3-4-6-13/h3-11H,12H2,1-2H3. The van der Waals surface area contributed by atoms with E-state index in [1.807, 2.05) is 0 Å². The molecule has 2 rings (SSSR count). The maximum atomic E-state index is 2.19. The third-order valence-electron chi connectivity index (χ3n) is 2.50. The maximum Gasteiger partial charge on any atom is 0.0227 e. The van der Waals surface area contributed by atoms with Crippen molar-refractivity contribution in [3.8, 4) is 0 Å². The lowest BCUT2D eigenvalue weighted by atomic mass is 10.1. The van der Waals surface area contributed by atoms with Crippen molar-refractivity contribution in [3.05, 3.63) is 65.3 Å². The highest BCUT2D eigenvalue weighted by Gasteiger charge is 1.96. The molecule has 0 radical (unpaired) electrons. The van der Waals surface area contributed by atoms with Crippen LogP contribution in [0.4, 0.5) is 0 Å². The van der Waals surface area contributed by atoms with E-state index in [9.17, 15) is 0 Å². The molecule has 0 bridgehead atoms. The van der Waals surface area contributed by atoms with Crippen LogP contribution in [0.5, 0.6) is 0 Å². The number of nitrogens with zero attached hydrogens (tertiary/aromatic N) is 1. The van der Waals surface area contributed by atoms with Gasteiger partial charge in [0.05, 0.1) is 0 Å². The average Bonchev–Trinajstić information content (AvgIpc) is 2.73. The van der Waals surface area contributed by atoms with Gasteiger partial charge in [-0.1, -0.05) is 48.6 Å². The number of allylic oxidation sites excluding steroid dienone is 5. The number of rotatable bonds is 3. The molecule has 0 amide bonds. The summed E-state index contributed by atoms with van der Waals surface area (Å²) in [5.41, 5.74) is 3.87. The molecule has 0 N–H and O–H groups in total. The molecule has 0 saturated heterocycles. The molecule has 0 heterocycles. The molecule has 0 fully saturated rings. The molecule has 0 unspecified atom stereocenters. The fourth-order valence-corrected chi connectivity index (χ4v) is 1.76. The van der Waals surface area contributed by atoms with Crippen molar-refractivity contribution in [1.29, 1.82) is 0 Å². The Hall–Kier alpha value is -1.60. The smallest absolute Gasteiger partial charge is 0.0227 e. The summed E-state index contributed by atoms with van der Waals surface area (Å²) < 4.78 is 0. The van der Waals surface area contributed by atoms with Crippen molar-refractivity contribution in [2.45, 2.75) is 6.54 Å². The zero-order valence-electron chi connectivity index (χ0n) is 9.85. The van der Waals surface area contributed by atoms with Crippen LogP contribution in [-0.4, -0.2) is 19.0 Å². The predicted molar refractivity (Wildman–Crippen MR) is 70.1 cm³/mol. The molecule has 0 aliphatic heterocycles. The monoisotopic (exact) mass is 211 g/mol. The van der Waals surface area contributed by atoms with Gasteiger partial charge >= 0.3 is 0 Å². The second-order valence-corrected chi connectivity index (χ2v) is 4.34. The topological polar surface area (TPSA) is 3.24 Å². The van der Waals surface area contributed by atoms with E-state index in [1.165, 1.54) is 16.7 Å². The van der Waals surface area contributed by atoms with Crippen molar-refractivity contribution in [2.75, 3.05) is 14.1 Å². The van der Waals surface area contributed by atoms with Crippen molar-refractivity contribution in [2.24, 2.45) is 0 Å². The molecule has 1 heteroatoms. The van der Waals surface area contributed by atoms with E-state index in [4.69, 9.17) is 0 Å². The molecule has 0 aromatic heterocycles. The van der Waals surface area contributed by atoms with Gasteiger partial charge in [0, 0.05) is 6.54 Å². The summed E-state index contributed by atoms with van der Waals surface area (Å²) in [7, 11) is 4.17. The Morgan fingerprint density at radius 1 is 1.00 bits per heavy atom. The van der Waals surface area contributed by atoms with Crippen LogP contribution in [0, 0.1) is 0 Å². The Morgan fingerprint density at radius 3 is 2.19 bits per heavy atom. The molecule has 1 aliphatic carbocycles. The maximum absolute atomic E-state index is 2.19. The van der Waals surface area contributed by atoms with Crippen LogP contribution in [0.1, 0.15) is 11.1 Å². The molecule has 0 spiro atoms. The van der Waals surface area contributed by atoms with E-state index >= 15 is 0 Å². The number of benzene rings is 1. The van der Waals surface area contributed by atoms with Crippen LogP contribution in [-0.2, 0) is 6.54 Å². The Bertz CT molecular complexity index is 419. The largest absolute Gasteiger partial charge is 0.305 e. The fraction of sp³-hybridized carbons (Fsp3) is 0.200. The van der Waals surface area contributed by atoms with Gasteiger partial charge in [-0.15, -0.1) is 0 Å². The Morgan fingerprint density at radius 2 is 1.62 bits per heavy atom. The second-order valence-electron chi connectivity index (χ2n) is 4.34. The lowest BCUT2D eigenvalue weighted by molar-refractivity contribution is 0.402. The zero-order chi connectivity index (χ0) is 11.4. The minimum atomic E-state index is 0.997. The quantitative estimate of drug-likeness (QED) is 0.741. The summed E-state index contributed by atoms with van der Waals surface area (Å²) in [5, 5.41) is 0. The first kappa shape index (κ1) is 10.9. The first-order valence-electron chi connectivity index (χ1n) is 5.54. The van der Waals surface area contributed by atoms with Crippen molar-refractivity contribution >= 4 is 6.08 Å². The van der Waals surface area contributed by atoms with Gasteiger partial charge in [0.15, 0.2) is 0 Å². The molecule has 1 aliphatic rings. The van der Waals surface area contributed by atoms with E-state index in [1.54, 1.807) is 0 Å². The van der Waals surface area contributed by atoms with Crippen LogP contribution in [0.15, 0.2) is 54.1 Å². The van der Waals surface area contributed by atoms with E-state index in [0.717, 1.165) is 6.54 Å². The van der Waals surface area contributed by atoms with Crippen molar-refractivity contribution < 1.29 is 0 Å². The molecule has 1 aromatic carbocycles. The highest BCUT2D eigenvalue weighted by molar-refractivity contribution is 5.62. The van der Waals surface area contributed by atoms with Gasteiger partial charge in [-0.3, -0.25) is 0 Å². The van der Waals surface area contributed by atoms with Gasteiger partial charge in [-0.25, -0.2) is 0 Å². The molecular formula is C15H17N. The van der Waals surface area contributed by atoms with Gasteiger partial charge in [0.1, 0.15) is 0 Å². The summed E-state index contributed by atoms with van der Waals surface area (Å²) >= 11 is 0. The van der Waals surface area contributed by atoms with Crippen LogP contribution in [0.2, 0.25) is 0 Å². The van der Waals surface area contributed by atoms with E-state index < -0.39 is 0 Å². The number of hydrogen-bond acceptors (Lipinski definition) is 1. The minimum absolute atomic E-state index is 0.997. The van der Waals surface area contributed by atoms with Crippen LogP contribution in [0.3, 0.4) is 0 Å². The Labute approximate surface area is 97.4 Å². The van der Waals surface area contributed by atoms with E-state index in [-0.39, 0.29) is 0 Å². The van der Waals surface area contributed by atoms with Gasteiger partial charge in [-0.2, -0.15) is 0 Å². The third kappa shape index (κ3) is 2.94. The first-order chi connectivity index (χ1) is 7.74. The normalized spacial score (nSPS) is 13.8. The summed E-state index contributed by atoms with van der Waals surface area (Å²) in [6, 6.07) is 8.72. The molecule has 0 saturated carbocycles. The number of hydrogen-bond donors (Lipinski definition) is 0. The summed E-state index contributed by atoms with van der Waals surface area (Å²) in [5.74, 6) is 0. The highest BCUT2D eigenvalue weighted by atomic mass is 15.0. The van der Waals surface area contributed by atoms with Gasteiger partial charge in [0.2, 0.25) is 0 Å². The van der Waals surface area contributed by atoms with Gasteiger partial charge in [-0.05, 0) is 36.9 Å². The fourth-order valence-electron chi connectivity index (χ4n) is 1.76. The summed E-state index contributed by atoms with van der Waals surface area (Å²) in [6.45, 7) is 0.997. The molecule has 0 atom stereocenters. The third-order valence-corrected chi connectivity index (χ3v) is 2.50. The van der Waals surface area contributed by atoms with Crippen LogP contribution >= 0.6 is 0 Å². The molecule has 1 aromatic rings.